The quantitative estimate of drug-likeness (QED) is 0.362. The molecular formula is C21H20ClF3N4O2. The molecule has 0 spiro atoms. The zero-order valence-corrected chi connectivity index (χ0v) is 17.2. The second kappa shape index (κ2) is 9.32. The molecule has 0 aliphatic carbocycles. The third-order valence-corrected chi connectivity index (χ3v) is 4.66. The van der Waals surface area contributed by atoms with E-state index in [-0.39, 0.29) is 23.1 Å². The van der Waals surface area contributed by atoms with Crippen LogP contribution in [0.4, 0.5) is 24.5 Å². The van der Waals surface area contributed by atoms with Gasteiger partial charge in [-0.05, 0) is 42.5 Å². The van der Waals surface area contributed by atoms with Crippen LogP contribution < -0.4 is 15.8 Å². The summed E-state index contributed by atoms with van der Waals surface area (Å²) in [6, 6.07) is 11.0. The van der Waals surface area contributed by atoms with E-state index in [0.717, 1.165) is 12.1 Å². The number of benzene rings is 2. The number of nitrogens with one attached hydrogen (secondary N) is 1. The van der Waals surface area contributed by atoms with E-state index in [4.69, 9.17) is 22.1 Å². The second-order valence-corrected chi connectivity index (χ2v) is 6.91. The van der Waals surface area contributed by atoms with Crippen LogP contribution in [0.25, 0.3) is 0 Å². The normalized spacial score (nSPS) is 12.1. The molecule has 0 radical (unpaired) electrons. The SMILES string of the molecule is CN=C(Nc1ccc(Oc2cccc(C(F)(F)F)c2)c(Cl)c1)c1c(N)ccn1CCO. The number of hydrogen-bond donors (Lipinski definition) is 3. The smallest absolute Gasteiger partial charge is 0.416 e. The number of aromatic nitrogens is 1. The minimum atomic E-state index is -4.47. The number of ether oxygens (including phenoxy) is 1. The maximum absolute atomic E-state index is 12.9. The van der Waals surface area contributed by atoms with Gasteiger partial charge in [-0.25, -0.2) is 0 Å². The van der Waals surface area contributed by atoms with E-state index in [1.807, 2.05) is 0 Å². The number of nitrogen functional groups attached to an aromatic ring is 1. The summed E-state index contributed by atoms with van der Waals surface area (Å²) in [5, 5.41) is 12.5. The van der Waals surface area contributed by atoms with E-state index >= 15 is 0 Å². The molecular weight excluding hydrogens is 433 g/mol. The fourth-order valence-corrected chi connectivity index (χ4v) is 3.16. The topological polar surface area (TPSA) is 84.8 Å². The van der Waals surface area contributed by atoms with E-state index in [2.05, 4.69) is 10.3 Å². The lowest BCUT2D eigenvalue weighted by Crippen LogP contribution is -2.20. The predicted octanol–water partition coefficient (Wildman–Crippen LogP) is 5.02. The van der Waals surface area contributed by atoms with Gasteiger partial charge in [0.05, 0.1) is 22.9 Å². The molecule has 31 heavy (non-hydrogen) atoms. The summed E-state index contributed by atoms with van der Waals surface area (Å²) in [6.45, 7) is 0.281. The highest BCUT2D eigenvalue weighted by Crippen LogP contribution is 2.35. The molecule has 164 valence electrons. The highest BCUT2D eigenvalue weighted by Gasteiger charge is 2.30. The molecule has 0 aliphatic heterocycles. The highest BCUT2D eigenvalue weighted by molar-refractivity contribution is 6.32. The molecule has 0 unspecified atom stereocenters. The van der Waals surface area contributed by atoms with Crippen LogP contribution in [0.1, 0.15) is 11.3 Å². The van der Waals surface area contributed by atoms with Crippen LogP contribution in [0.5, 0.6) is 11.5 Å². The molecule has 0 atom stereocenters. The van der Waals surface area contributed by atoms with Crippen molar-refractivity contribution in [3.63, 3.8) is 0 Å². The Hall–Kier alpha value is -3.17. The number of aliphatic imine (C=N–C) groups is 1. The monoisotopic (exact) mass is 452 g/mol. The average molecular weight is 453 g/mol. The molecule has 6 nitrogen and oxygen atoms in total. The number of amidine groups is 1. The summed E-state index contributed by atoms with van der Waals surface area (Å²) in [7, 11) is 1.59. The van der Waals surface area contributed by atoms with E-state index in [0.29, 0.717) is 29.4 Å². The van der Waals surface area contributed by atoms with Crippen LogP contribution in [-0.4, -0.2) is 29.2 Å². The van der Waals surface area contributed by atoms with Crippen molar-refractivity contribution in [2.75, 3.05) is 24.7 Å². The Balaban J connectivity index is 1.81. The number of aliphatic hydroxyl groups is 1. The van der Waals surface area contributed by atoms with Gasteiger partial charge in [-0.15, -0.1) is 0 Å². The second-order valence-electron chi connectivity index (χ2n) is 6.51. The minimum Gasteiger partial charge on any atom is -0.456 e. The van der Waals surface area contributed by atoms with Crippen molar-refractivity contribution >= 4 is 28.8 Å². The zero-order valence-electron chi connectivity index (χ0n) is 16.4. The van der Waals surface area contributed by atoms with Crippen LogP contribution in [0.15, 0.2) is 59.7 Å². The first-order valence-electron chi connectivity index (χ1n) is 9.17. The number of halogens is 4. The number of aliphatic hydroxyl groups excluding tert-OH is 1. The molecule has 10 heteroatoms. The molecule has 4 N–H and O–H groups in total. The number of anilines is 2. The van der Waals surface area contributed by atoms with Gasteiger partial charge in [-0.1, -0.05) is 17.7 Å². The highest BCUT2D eigenvalue weighted by atomic mass is 35.5. The molecule has 3 aromatic rings. The van der Waals surface area contributed by atoms with Crippen molar-refractivity contribution in [2.24, 2.45) is 4.99 Å². The van der Waals surface area contributed by atoms with Crippen molar-refractivity contribution in [2.45, 2.75) is 12.7 Å². The van der Waals surface area contributed by atoms with Gasteiger partial charge in [0.15, 0.2) is 5.84 Å². The lowest BCUT2D eigenvalue weighted by Gasteiger charge is -2.15. The van der Waals surface area contributed by atoms with E-state index in [1.54, 1.807) is 36.0 Å². The van der Waals surface area contributed by atoms with E-state index in [1.165, 1.54) is 18.2 Å². The van der Waals surface area contributed by atoms with Gasteiger partial charge in [0.25, 0.3) is 0 Å². The van der Waals surface area contributed by atoms with Crippen molar-refractivity contribution in [3.05, 3.63) is 71.0 Å². The maximum Gasteiger partial charge on any atom is 0.416 e. The van der Waals surface area contributed by atoms with E-state index < -0.39 is 11.7 Å². The standard InChI is InChI=1S/C21H20ClF3N4O2/c1-27-20(19-17(26)7-8-29(19)9-10-30)28-14-5-6-18(16(22)12-14)31-15-4-2-3-13(11-15)21(23,24)25/h2-8,11-12,30H,9-10,26H2,1H3,(H,27,28). The van der Waals surface area contributed by atoms with Gasteiger partial charge < -0.3 is 25.5 Å². The molecule has 0 fully saturated rings. The Bertz CT molecular complexity index is 1100. The summed E-state index contributed by atoms with van der Waals surface area (Å²) < 4.78 is 46.0. The summed E-state index contributed by atoms with van der Waals surface area (Å²) in [6.07, 6.45) is -2.73. The number of nitrogens with zero attached hydrogens (tertiary/aromatic N) is 2. The van der Waals surface area contributed by atoms with Crippen LogP contribution >= 0.6 is 11.6 Å². The first-order chi connectivity index (χ1) is 14.7. The molecule has 3 rings (SSSR count). The van der Waals surface area contributed by atoms with Crippen LogP contribution in [0, 0.1) is 0 Å². The van der Waals surface area contributed by atoms with Crippen molar-refractivity contribution < 1.29 is 23.0 Å². The van der Waals surface area contributed by atoms with Crippen molar-refractivity contribution in [1.29, 1.82) is 0 Å². The lowest BCUT2D eigenvalue weighted by molar-refractivity contribution is -0.137. The summed E-state index contributed by atoms with van der Waals surface area (Å²) in [5.74, 6) is 0.672. The molecule has 1 heterocycles. The van der Waals surface area contributed by atoms with Gasteiger partial charge in [0, 0.05) is 25.5 Å². The third-order valence-electron chi connectivity index (χ3n) is 4.37. The van der Waals surface area contributed by atoms with Crippen molar-refractivity contribution in [3.8, 4) is 11.5 Å². The van der Waals surface area contributed by atoms with E-state index in [9.17, 15) is 18.3 Å². The molecule has 0 saturated carbocycles. The van der Waals surface area contributed by atoms with Crippen LogP contribution in [0.2, 0.25) is 5.02 Å². The molecule has 0 bridgehead atoms. The van der Waals surface area contributed by atoms with Gasteiger partial charge in [-0.3, -0.25) is 4.99 Å². The molecule has 0 amide bonds. The van der Waals surface area contributed by atoms with Crippen LogP contribution in [-0.2, 0) is 12.7 Å². The minimum absolute atomic E-state index is 0.0165. The maximum atomic E-state index is 12.9. The third kappa shape index (κ3) is 5.31. The number of hydrogen-bond acceptors (Lipinski definition) is 4. The molecule has 0 saturated heterocycles. The Kier molecular flexibility index (Phi) is 6.77. The lowest BCUT2D eigenvalue weighted by atomic mass is 10.2. The molecule has 1 aromatic heterocycles. The Morgan fingerprint density at radius 1 is 1.23 bits per heavy atom. The van der Waals surface area contributed by atoms with Gasteiger partial charge in [0.1, 0.15) is 17.2 Å². The number of rotatable bonds is 6. The van der Waals surface area contributed by atoms with Crippen molar-refractivity contribution in [1.82, 2.24) is 4.57 Å². The van der Waals surface area contributed by atoms with Gasteiger partial charge in [-0.2, -0.15) is 13.2 Å². The molecule has 0 aliphatic rings. The fraction of sp³-hybridized carbons (Fsp3) is 0.190. The zero-order chi connectivity index (χ0) is 22.6. The largest absolute Gasteiger partial charge is 0.456 e. The average Bonchev–Trinajstić information content (AvgIpc) is 3.08. The Labute approximate surface area is 181 Å². The number of nitrogens with two attached hydrogens (primary N) is 1. The molecule has 2 aromatic carbocycles. The van der Waals surface area contributed by atoms with Gasteiger partial charge in [0.2, 0.25) is 0 Å². The first kappa shape index (κ1) is 22.5. The van der Waals surface area contributed by atoms with Gasteiger partial charge >= 0.3 is 6.18 Å². The Morgan fingerprint density at radius 3 is 2.65 bits per heavy atom. The fourth-order valence-electron chi connectivity index (χ4n) is 2.94. The van der Waals surface area contributed by atoms with Crippen LogP contribution in [0.3, 0.4) is 0 Å². The Morgan fingerprint density at radius 2 is 2.00 bits per heavy atom. The predicted molar refractivity (Wildman–Crippen MR) is 115 cm³/mol. The summed E-state index contributed by atoms with van der Waals surface area (Å²) in [5.41, 5.74) is 6.88. The number of alkyl halides is 3. The first-order valence-corrected chi connectivity index (χ1v) is 9.55. The summed E-state index contributed by atoms with van der Waals surface area (Å²) >= 11 is 6.28. The summed E-state index contributed by atoms with van der Waals surface area (Å²) in [4.78, 5) is 4.22.